The van der Waals surface area contributed by atoms with Crippen LogP contribution in [0.2, 0.25) is 0 Å². The van der Waals surface area contributed by atoms with Crippen LogP contribution >= 0.6 is 0 Å². The molecule has 0 fully saturated rings. The van der Waals surface area contributed by atoms with Crippen LogP contribution in [0.1, 0.15) is 156 Å². The van der Waals surface area contributed by atoms with Gasteiger partial charge in [0.1, 0.15) is 0 Å². The molecule has 0 aliphatic heterocycles. The average molecular weight is 408 g/mol. The molecular formula is C28H57N. The van der Waals surface area contributed by atoms with Crippen LogP contribution < -0.4 is 0 Å². The Morgan fingerprint density at radius 1 is 0.483 bits per heavy atom. The molecule has 0 saturated heterocycles. The number of hydrogen-bond donors (Lipinski definition) is 0. The second-order valence-electron chi connectivity index (χ2n) is 9.28. The summed E-state index contributed by atoms with van der Waals surface area (Å²) in [6.07, 6.45) is 30.9. The fourth-order valence-electron chi connectivity index (χ4n) is 4.23. The highest BCUT2D eigenvalue weighted by Crippen LogP contribution is 2.14. The maximum absolute atomic E-state index is 2.65. The molecule has 29 heavy (non-hydrogen) atoms. The lowest BCUT2D eigenvalue weighted by Crippen LogP contribution is -2.24. The Morgan fingerprint density at radius 2 is 0.759 bits per heavy atom. The van der Waals surface area contributed by atoms with Gasteiger partial charge < -0.3 is 4.90 Å². The van der Waals surface area contributed by atoms with Crippen molar-refractivity contribution < 1.29 is 0 Å². The maximum atomic E-state index is 2.65. The molecule has 0 aromatic carbocycles. The SMILES string of the molecule is CC=C(C)N(CCCCCCCCCCCC)CCCCCCCCCCCC. The van der Waals surface area contributed by atoms with Crippen molar-refractivity contribution in [3.63, 3.8) is 0 Å². The van der Waals surface area contributed by atoms with E-state index < -0.39 is 0 Å². The van der Waals surface area contributed by atoms with Crippen LogP contribution in [0.5, 0.6) is 0 Å². The van der Waals surface area contributed by atoms with Gasteiger partial charge in [-0.2, -0.15) is 0 Å². The Kier molecular flexibility index (Phi) is 23.4. The van der Waals surface area contributed by atoms with Crippen molar-refractivity contribution >= 4 is 0 Å². The van der Waals surface area contributed by atoms with Crippen molar-refractivity contribution in [3.8, 4) is 0 Å². The van der Waals surface area contributed by atoms with Gasteiger partial charge >= 0.3 is 0 Å². The summed E-state index contributed by atoms with van der Waals surface area (Å²) in [5.41, 5.74) is 1.48. The van der Waals surface area contributed by atoms with Gasteiger partial charge in [0, 0.05) is 18.8 Å². The molecule has 0 aromatic heterocycles. The molecule has 0 N–H and O–H groups in total. The van der Waals surface area contributed by atoms with Crippen molar-refractivity contribution in [2.75, 3.05) is 13.1 Å². The minimum Gasteiger partial charge on any atom is -0.375 e. The minimum absolute atomic E-state index is 1.27. The normalized spacial score (nSPS) is 11.9. The fraction of sp³-hybridized carbons (Fsp3) is 0.929. The van der Waals surface area contributed by atoms with E-state index in [4.69, 9.17) is 0 Å². The number of nitrogens with zero attached hydrogens (tertiary/aromatic N) is 1. The predicted molar refractivity (Wildman–Crippen MR) is 135 cm³/mol. The van der Waals surface area contributed by atoms with Gasteiger partial charge in [-0.25, -0.2) is 0 Å². The van der Waals surface area contributed by atoms with Gasteiger partial charge in [0.25, 0.3) is 0 Å². The standard InChI is InChI=1S/C28H57N/c1-5-8-10-12-14-16-18-20-22-24-26-29(28(4)7-3)27-25-23-21-19-17-15-13-11-9-6-2/h7H,5-6,8-27H2,1-4H3. The maximum Gasteiger partial charge on any atom is 0.0174 e. The lowest BCUT2D eigenvalue weighted by atomic mass is 10.1. The van der Waals surface area contributed by atoms with E-state index in [0.717, 1.165) is 0 Å². The zero-order chi connectivity index (χ0) is 21.4. The van der Waals surface area contributed by atoms with Crippen molar-refractivity contribution in [2.45, 2.75) is 156 Å². The van der Waals surface area contributed by atoms with Crippen molar-refractivity contribution in [2.24, 2.45) is 0 Å². The molecule has 0 spiro atoms. The Bertz CT molecular complexity index is 309. The fourth-order valence-corrected chi connectivity index (χ4v) is 4.23. The van der Waals surface area contributed by atoms with E-state index in [1.807, 2.05) is 0 Å². The van der Waals surface area contributed by atoms with Gasteiger partial charge in [-0.1, -0.05) is 135 Å². The third-order valence-corrected chi connectivity index (χ3v) is 6.48. The Morgan fingerprint density at radius 3 is 1.03 bits per heavy atom. The van der Waals surface area contributed by atoms with Crippen LogP contribution in [0.3, 0.4) is 0 Å². The number of rotatable bonds is 23. The monoisotopic (exact) mass is 407 g/mol. The first kappa shape index (κ1) is 28.5. The van der Waals surface area contributed by atoms with Gasteiger partial charge in [0.2, 0.25) is 0 Å². The molecular weight excluding hydrogens is 350 g/mol. The van der Waals surface area contributed by atoms with E-state index >= 15 is 0 Å². The van der Waals surface area contributed by atoms with Crippen molar-refractivity contribution in [1.29, 1.82) is 0 Å². The molecule has 0 aliphatic carbocycles. The molecule has 0 unspecified atom stereocenters. The number of hydrogen-bond acceptors (Lipinski definition) is 1. The summed E-state index contributed by atoms with van der Waals surface area (Å²) in [6.45, 7) is 11.6. The molecule has 1 heteroatoms. The van der Waals surface area contributed by atoms with Crippen LogP contribution in [0, 0.1) is 0 Å². The van der Waals surface area contributed by atoms with Gasteiger partial charge in [-0.05, 0) is 26.7 Å². The van der Waals surface area contributed by atoms with Crippen LogP contribution in [0.15, 0.2) is 11.8 Å². The molecule has 0 heterocycles. The smallest absolute Gasteiger partial charge is 0.0174 e. The minimum atomic E-state index is 1.27. The van der Waals surface area contributed by atoms with Gasteiger partial charge in [-0.15, -0.1) is 0 Å². The summed E-state index contributed by atoms with van der Waals surface area (Å²) >= 11 is 0. The van der Waals surface area contributed by atoms with Crippen LogP contribution in [-0.4, -0.2) is 18.0 Å². The van der Waals surface area contributed by atoms with Gasteiger partial charge in [-0.3, -0.25) is 0 Å². The third-order valence-electron chi connectivity index (χ3n) is 6.48. The molecule has 0 rings (SSSR count). The van der Waals surface area contributed by atoms with E-state index in [1.165, 1.54) is 147 Å². The van der Waals surface area contributed by atoms with Crippen LogP contribution in [-0.2, 0) is 0 Å². The topological polar surface area (TPSA) is 3.24 Å². The summed E-state index contributed by atoms with van der Waals surface area (Å²) in [7, 11) is 0. The van der Waals surface area contributed by atoms with E-state index in [0.29, 0.717) is 0 Å². The highest BCUT2D eigenvalue weighted by molar-refractivity contribution is 4.95. The number of allylic oxidation sites excluding steroid dienone is 2. The largest absolute Gasteiger partial charge is 0.375 e. The highest BCUT2D eigenvalue weighted by atomic mass is 15.1. The molecule has 0 bridgehead atoms. The second-order valence-corrected chi connectivity index (χ2v) is 9.28. The van der Waals surface area contributed by atoms with Gasteiger partial charge in [0.05, 0.1) is 0 Å². The molecule has 0 atom stereocenters. The lowest BCUT2D eigenvalue weighted by Gasteiger charge is -2.25. The zero-order valence-corrected chi connectivity index (χ0v) is 21.1. The van der Waals surface area contributed by atoms with Gasteiger partial charge in [0.15, 0.2) is 0 Å². The van der Waals surface area contributed by atoms with Crippen molar-refractivity contribution in [3.05, 3.63) is 11.8 Å². The van der Waals surface area contributed by atoms with E-state index in [1.54, 1.807) is 0 Å². The summed E-state index contributed by atoms with van der Waals surface area (Å²) in [5, 5.41) is 0. The first-order chi connectivity index (χ1) is 14.3. The third kappa shape index (κ3) is 20.6. The second kappa shape index (κ2) is 23.8. The molecule has 0 aliphatic rings. The van der Waals surface area contributed by atoms with Crippen LogP contribution in [0.4, 0.5) is 0 Å². The Hall–Kier alpha value is -0.460. The summed E-state index contributed by atoms with van der Waals surface area (Å²) in [4.78, 5) is 2.65. The molecule has 1 nitrogen and oxygen atoms in total. The van der Waals surface area contributed by atoms with E-state index in [2.05, 4.69) is 38.7 Å². The first-order valence-electron chi connectivity index (χ1n) is 13.6. The molecule has 0 saturated carbocycles. The van der Waals surface area contributed by atoms with E-state index in [9.17, 15) is 0 Å². The summed E-state index contributed by atoms with van der Waals surface area (Å²) in [6, 6.07) is 0. The quantitative estimate of drug-likeness (QED) is 0.152. The first-order valence-corrected chi connectivity index (χ1v) is 13.6. The predicted octanol–water partition coefficient (Wildman–Crippen LogP) is 10.1. The molecule has 0 aromatic rings. The number of unbranched alkanes of at least 4 members (excludes halogenated alkanes) is 18. The average Bonchev–Trinajstić information content (AvgIpc) is 2.74. The van der Waals surface area contributed by atoms with Crippen LogP contribution in [0.25, 0.3) is 0 Å². The summed E-state index contributed by atoms with van der Waals surface area (Å²) in [5.74, 6) is 0. The Labute approximate surface area is 186 Å². The van der Waals surface area contributed by atoms with Crippen molar-refractivity contribution in [1.82, 2.24) is 4.90 Å². The zero-order valence-electron chi connectivity index (χ0n) is 21.1. The molecule has 174 valence electrons. The summed E-state index contributed by atoms with van der Waals surface area (Å²) < 4.78 is 0. The molecule has 0 radical (unpaired) electrons. The lowest BCUT2D eigenvalue weighted by molar-refractivity contribution is 0.322. The Balaban J connectivity index is 3.60. The highest BCUT2D eigenvalue weighted by Gasteiger charge is 2.04. The molecule has 0 amide bonds. The van der Waals surface area contributed by atoms with E-state index in [-0.39, 0.29) is 0 Å².